The van der Waals surface area contributed by atoms with Crippen molar-refractivity contribution in [2.45, 2.75) is 32.6 Å². The van der Waals surface area contributed by atoms with E-state index in [1.165, 1.54) is 0 Å². The van der Waals surface area contributed by atoms with E-state index >= 15 is 0 Å². The first kappa shape index (κ1) is 21.7. The molecule has 0 aliphatic rings. The highest BCUT2D eigenvalue weighted by Gasteiger charge is 2.31. The normalized spacial score (nSPS) is 11.8. The van der Waals surface area contributed by atoms with Gasteiger partial charge in [0.15, 0.2) is 16.5 Å². The minimum Gasteiger partial charge on any atom is -0.354 e. The van der Waals surface area contributed by atoms with Gasteiger partial charge in [0.1, 0.15) is 5.82 Å². The number of halogens is 3. The zero-order chi connectivity index (χ0) is 20.3. The second kappa shape index (κ2) is 7.94. The fourth-order valence-electron chi connectivity index (χ4n) is 1.84. The molecule has 0 unspecified atom stereocenters. The van der Waals surface area contributed by atoms with Crippen molar-refractivity contribution < 1.29 is 26.4 Å². The minimum atomic E-state index is -4.76. The lowest BCUT2D eigenvalue weighted by atomic mass is 9.96. The van der Waals surface area contributed by atoms with Gasteiger partial charge in [-0.1, -0.05) is 25.9 Å². The van der Waals surface area contributed by atoms with Crippen molar-refractivity contribution in [1.82, 2.24) is 10.0 Å². The number of nitrogens with zero attached hydrogens (tertiary/aromatic N) is 3. The molecule has 1 aromatic rings. The quantitative estimate of drug-likeness (QED) is 0.254. The van der Waals surface area contributed by atoms with Crippen LogP contribution in [0.15, 0.2) is 10.0 Å². The fraction of sp³-hybridized carbons (Fsp3) is 0.500. The molecule has 26 heavy (non-hydrogen) atoms. The van der Waals surface area contributed by atoms with E-state index < -0.39 is 49.0 Å². The van der Waals surface area contributed by atoms with Gasteiger partial charge in [-0.25, -0.2) is 26.3 Å². The van der Waals surface area contributed by atoms with Crippen LogP contribution in [0.25, 0.3) is 10.4 Å². The summed E-state index contributed by atoms with van der Waals surface area (Å²) in [5.74, 6) is -5.70. The molecule has 1 rings (SSSR count). The van der Waals surface area contributed by atoms with E-state index in [0.717, 1.165) is 6.92 Å². The zero-order valence-corrected chi connectivity index (χ0v) is 15.3. The highest BCUT2D eigenvalue weighted by Crippen LogP contribution is 2.33. The topological polar surface area (TPSA) is 124 Å². The van der Waals surface area contributed by atoms with Crippen molar-refractivity contribution in [2.24, 2.45) is 10.5 Å². The van der Waals surface area contributed by atoms with Crippen molar-refractivity contribution in [1.29, 1.82) is 0 Å². The number of carbonyl (C=O) groups excluding carboxylic acids is 1. The monoisotopic (exact) mass is 393 g/mol. The molecule has 0 atom stereocenters. The fourth-order valence-corrected chi connectivity index (χ4v) is 3.07. The van der Waals surface area contributed by atoms with E-state index in [9.17, 15) is 26.4 Å². The van der Waals surface area contributed by atoms with Crippen molar-refractivity contribution in [3.05, 3.63) is 33.5 Å². The van der Waals surface area contributed by atoms with Gasteiger partial charge in [0, 0.05) is 23.4 Å². The SMILES string of the molecule is Cc1c(F)c(S(=O)(=O)NCCNC(=O)C(C)(C)C)c(F)c(F)c1N=[N+]=[N-]. The summed E-state index contributed by atoms with van der Waals surface area (Å²) in [6, 6.07) is 0. The molecule has 0 bridgehead atoms. The van der Waals surface area contributed by atoms with Crippen LogP contribution >= 0.6 is 0 Å². The van der Waals surface area contributed by atoms with Crippen LogP contribution in [0.2, 0.25) is 0 Å². The first-order valence-corrected chi connectivity index (χ1v) is 8.83. The Bertz CT molecular complexity index is 846. The second-order valence-corrected chi connectivity index (χ2v) is 8.04. The highest BCUT2D eigenvalue weighted by atomic mass is 32.2. The highest BCUT2D eigenvalue weighted by molar-refractivity contribution is 7.89. The van der Waals surface area contributed by atoms with E-state index in [2.05, 4.69) is 15.3 Å². The number of rotatable bonds is 6. The van der Waals surface area contributed by atoms with Gasteiger partial charge >= 0.3 is 0 Å². The molecule has 0 radical (unpaired) electrons. The Hall–Kier alpha value is -2.30. The third-order valence-electron chi connectivity index (χ3n) is 3.28. The van der Waals surface area contributed by atoms with Crippen LogP contribution in [0.1, 0.15) is 26.3 Å². The second-order valence-electron chi connectivity index (χ2n) is 6.34. The molecule has 0 spiro atoms. The first-order chi connectivity index (χ1) is 11.8. The van der Waals surface area contributed by atoms with Gasteiger partial charge in [-0.15, -0.1) is 0 Å². The van der Waals surface area contributed by atoms with Gasteiger partial charge in [-0.05, 0) is 18.0 Å². The molecule has 0 fully saturated rings. The lowest BCUT2D eigenvalue weighted by Crippen LogP contribution is -2.40. The molecule has 0 heterocycles. The van der Waals surface area contributed by atoms with Gasteiger partial charge in [0.05, 0.1) is 5.69 Å². The molecular weight excluding hydrogens is 375 g/mol. The lowest BCUT2D eigenvalue weighted by Gasteiger charge is -2.18. The van der Waals surface area contributed by atoms with Crippen molar-refractivity contribution in [3.8, 4) is 0 Å². The maximum absolute atomic E-state index is 14.2. The number of nitrogens with one attached hydrogen (secondary N) is 2. The Morgan fingerprint density at radius 2 is 1.73 bits per heavy atom. The van der Waals surface area contributed by atoms with E-state index in [4.69, 9.17) is 5.53 Å². The third-order valence-corrected chi connectivity index (χ3v) is 4.76. The maximum Gasteiger partial charge on any atom is 0.246 e. The van der Waals surface area contributed by atoms with Crippen LogP contribution in [0, 0.1) is 29.8 Å². The molecule has 8 nitrogen and oxygen atoms in total. The summed E-state index contributed by atoms with van der Waals surface area (Å²) < 4.78 is 68.3. The zero-order valence-electron chi connectivity index (χ0n) is 14.5. The lowest BCUT2D eigenvalue weighted by molar-refractivity contribution is -0.128. The van der Waals surface area contributed by atoms with Crippen molar-refractivity contribution in [3.63, 3.8) is 0 Å². The Balaban J connectivity index is 3.07. The van der Waals surface area contributed by atoms with Crippen LogP contribution in [-0.2, 0) is 14.8 Å². The Morgan fingerprint density at radius 3 is 2.23 bits per heavy atom. The van der Waals surface area contributed by atoms with Crippen LogP contribution in [0.3, 0.4) is 0 Å². The van der Waals surface area contributed by atoms with Crippen LogP contribution < -0.4 is 10.0 Å². The number of amides is 1. The van der Waals surface area contributed by atoms with Crippen LogP contribution in [-0.4, -0.2) is 27.4 Å². The summed E-state index contributed by atoms with van der Waals surface area (Å²) in [7, 11) is -4.76. The van der Waals surface area contributed by atoms with Gasteiger partial charge in [-0.2, -0.15) is 0 Å². The van der Waals surface area contributed by atoms with E-state index in [0.29, 0.717) is 0 Å². The maximum atomic E-state index is 14.2. The van der Waals surface area contributed by atoms with E-state index in [-0.39, 0.29) is 19.0 Å². The van der Waals surface area contributed by atoms with Crippen LogP contribution in [0.4, 0.5) is 18.9 Å². The molecule has 1 aromatic carbocycles. The number of carbonyl (C=O) groups is 1. The minimum absolute atomic E-state index is 0.142. The standard InChI is InChI=1S/C14H18F3N5O3S/c1-7-8(15)12(10(17)9(16)11(7)21-22-18)26(24,25)20-6-5-19-13(23)14(2,3)4/h20H,5-6H2,1-4H3,(H,19,23). The molecular formula is C14H18F3N5O3S. The van der Waals surface area contributed by atoms with E-state index in [1.807, 2.05) is 4.72 Å². The molecule has 144 valence electrons. The number of sulfonamides is 1. The molecule has 2 N–H and O–H groups in total. The summed E-state index contributed by atoms with van der Waals surface area (Å²) in [5.41, 5.74) is 6.00. The third kappa shape index (κ3) is 4.65. The number of hydrogen-bond acceptors (Lipinski definition) is 4. The van der Waals surface area contributed by atoms with Gasteiger partial charge in [0.2, 0.25) is 15.9 Å². The average Bonchev–Trinajstić information content (AvgIpc) is 2.52. The molecule has 0 aliphatic heterocycles. The number of azide groups is 1. The van der Waals surface area contributed by atoms with Gasteiger partial charge in [-0.3, -0.25) is 4.79 Å². The number of hydrogen-bond donors (Lipinski definition) is 2. The Kier molecular flexibility index (Phi) is 6.64. The average molecular weight is 393 g/mol. The molecule has 0 saturated carbocycles. The van der Waals surface area contributed by atoms with Gasteiger partial charge in [0.25, 0.3) is 0 Å². The smallest absolute Gasteiger partial charge is 0.246 e. The Labute approximate surface area is 148 Å². The largest absolute Gasteiger partial charge is 0.354 e. The summed E-state index contributed by atoms with van der Waals surface area (Å²) in [5, 5.41) is 5.27. The number of benzene rings is 1. The van der Waals surface area contributed by atoms with Crippen LogP contribution in [0.5, 0.6) is 0 Å². The molecule has 0 saturated heterocycles. The predicted molar refractivity (Wildman–Crippen MR) is 87.5 cm³/mol. The van der Waals surface area contributed by atoms with Gasteiger partial charge < -0.3 is 5.32 Å². The molecule has 1 amide bonds. The molecule has 0 aliphatic carbocycles. The summed E-state index contributed by atoms with van der Waals surface area (Å²) in [6.07, 6.45) is 0. The summed E-state index contributed by atoms with van der Waals surface area (Å²) in [4.78, 5) is 12.4. The van der Waals surface area contributed by atoms with Crippen molar-refractivity contribution in [2.75, 3.05) is 13.1 Å². The molecule has 0 aromatic heterocycles. The molecule has 12 heteroatoms. The predicted octanol–water partition coefficient (Wildman–Crippen LogP) is 2.79. The van der Waals surface area contributed by atoms with E-state index in [1.54, 1.807) is 20.8 Å². The first-order valence-electron chi connectivity index (χ1n) is 7.34. The Morgan fingerprint density at radius 1 is 1.15 bits per heavy atom. The summed E-state index contributed by atoms with van der Waals surface area (Å²) >= 11 is 0. The summed E-state index contributed by atoms with van der Waals surface area (Å²) in [6.45, 7) is 5.37. The van der Waals surface area contributed by atoms with Crippen molar-refractivity contribution >= 4 is 21.6 Å².